The zero-order chi connectivity index (χ0) is 68.8. The van der Waals surface area contributed by atoms with Gasteiger partial charge in [0, 0.05) is 68.7 Å². The van der Waals surface area contributed by atoms with Gasteiger partial charge in [0.05, 0.1) is 31.9 Å². The van der Waals surface area contributed by atoms with Gasteiger partial charge in [-0.05, 0) is 90.8 Å². The molecule has 6 aromatic carbocycles. The van der Waals surface area contributed by atoms with E-state index in [1.165, 1.54) is 18.2 Å². The minimum absolute atomic E-state index is 0. The molecule has 1 N–H and O–H groups in total. The molecule has 0 aliphatic heterocycles. The number of hydrogen-bond donors (Lipinski definition) is 1. The van der Waals surface area contributed by atoms with Crippen molar-refractivity contribution in [2.45, 2.75) is 130 Å². The van der Waals surface area contributed by atoms with E-state index in [4.69, 9.17) is 35.1 Å². The number of fused-ring (bicyclic) bond motifs is 1. The Hall–Kier alpha value is -5.57. The maximum Gasteiger partial charge on any atom is 0.148 e. The average Bonchev–Trinajstić information content (AvgIpc) is 0.768. The summed E-state index contributed by atoms with van der Waals surface area (Å²) >= 11 is 0. The van der Waals surface area contributed by atoms with Crippen LogP contribution in [0, 0.1) is 6.07 Å². The second kappa shape index (κ2) is 17.8. The van der Waals surface area contributed by atoms with E-state index in [1.807, 2.05) is 68.4 Å². The number of aromatic hydroxyl groups is 1. The van der Waals surface area contributed by atoms with Gasteiger partial charge in [0.2, 0.25) is 0 Å². The van der Waals surface area contributed by atoms with Crippen LogP contribution in [0.4, 0.5) is 0 Å². The van der Waals surface area contributed by atoms with Gasteiger partial charge in [0.1, 0.15) is 11.6 Å². The number of phenolic OH excluding ortho intramolecular Hbond substituents is 1. The van der Waals surface area contributed by atoms with E-state index in [2.05, 4.69) is 11.1 Å². The minimum Gasteiger partial charge on any atom is -0.507 e. The summed E-state index contributed by atoms with van der Waals surface area (Å²) in [5, 5.41) is 12.7. The maximum atomic E-state index is 12.7. The van der Waals surface area contributed by atoms with Crippen LogP contribution < -0.4 is 0 Å². The summed E-state index contributed by atoms with van der Waals surface area (Å²) in [6.45, 7) is -5.41. The third-order valence-corrected chi connectivity index (χ3v) is 11.6. The van der Waals surface area contributed by atoms with Gasteiger partial charge in [0.15, 0.2) is 0 Å². The molecule has 0 spiro atoms. The van der Waals surface area contributed by atoms with E-state index in [0.29, 0.717) is 27.8 Å². The molecule has 2 heterocycles. The van der Waals surface area contributed by atoms with Gasteiger partial charge in [-0.3, -0.25) is 9.55 Å². The molecule has 0 saturated heterocycles. The van der Waals surface area contributed by atoms with E-state index >= 15 is 0 Å². The van der Waals surface area contributed by atoms with Gasteiger partial charge in [0.25, 0.3) is 0 Å². The van der Waals surface area contributed by atoms with Gasteiger partial charge < -0.3 is 5.11 Å². The van der Waals surface area contributed by atoms with Crippen LogP contribution in [0.25, 0.3) is 72.7 Å². The summed E-state index contributed by atoms with van der Waals surface area (Å²) in [6, 6.07) is 21.1. The Morgan fingerprint density at radius 2 is 1.18 bits per heavy atom. The smallest absolute Gasteiger partial charge is 0.148 e. The molecule has 8 aromatic rings. The fraction of sp³-hybridized carbons (Fsp3) is 0.323. The zero-order valence-electron chi connectivity index (χ0n) is 63.8. The Bertz CT molecular complexity index is 4090. The Kier molecular flexibility index (Phi) is 6.98. The maximum absolute atomic E-state index is 12.7. The molecular weight excluding hydrogens is 998 g/mol. The summed E-state index contributed by atoms with van der Waals surface area (Å²) in [7, 11) is 0. The van der Waals surface area contributed by atoms with Crippen molar-refractivity contribution in [1.82, 2.24) is 14.5 Å². The molecule has 67 heavy (non-hydrogen) atoms. The molecule has 0 aliphatic rings. The number of nitrogens with zero attached hydrogens (tertiary/aromatic N) is 3. The summed E-state index contributed by atoms with van der Waals surface area (Å²) in [6.07, 6.45) is -0.841. The monoisotopic (exact) mass is 1090 g/mol. The molecule has 5 heteroatoms. The number of imidazole rings is 1. The predicted octanol–water partition coefficient (Wildman–Crippen LogP) is 16.7. The molecule has 0 amide bonds. The molecule has 4 nitrogen and oxygen atoms in total. The number of aromatic nitrogens is 3. The third-order valence-electron chi connectivity index (χ3n) is 11.6. The van der Waals surface area contributed by atoms with E-state index < -0.39 is 133 Å². The number of benzene rings is 6. The van der Waals surface area contributed by atoms with Gasteiger partial charge in [-0.1, -0.05) is 199 Å². The van der Waals surface area contributed by atoms with Crippen LogP contribution in [0.3, 0.4) is 0 Å². The summed E-state index contributed by atoms with van der Waals surface area (Å²) in [5.41, 5.74) is -9.12. The largest absolute Gasteiger partial charge is 0.507 e. The quantitative estimate of drug-likeness (QED) is 0.169. The van der Waals surface area contributed by atoms with Gasteiger partial charge in [-0.15, -0.1) is 29.3 Å². The zero-order valence-corrected chi connectivity index (χ0v) is 41.0. The van der Waals surface area contributed by atoms with Crippen molar-refractivity contribution in [3.63, 3.8) is 0 Å². The Labute approximate surface area is 450 Å². The molecule has 0 saturated carbocycles. The Balaban J connectivity index is 0.0000120. The fourth-order valence-corrected chi connectivity index (χ4v) is 7.83. The number of hydrogen-bond acceptors (Lipinski definition) is 3. The Morgan fingerprint density at radius 1 is 0.552 bits per heavy atom. The van der Waals surface area contributed by atoms with E-state index in [9.17, 15) is 9.22 Å². The van der Waals surface area contributed by atoms with Crippen molar-refractivity contribution in [3.8, 4) is 67.5 Å². The summed E-state index contributed by atoms with van der Waals surface area (Å²) in [5.74, 6) is -0.0328. The normalized spacial score (nSPS) is 19.2. The first-order valence-corrected chi connectivity index (χ1v) is 21.5. The second-order valence-electron chi connectivity index (χ2n) is 19.9. The summed E-state index contributed by atoms with van der Waals surface area (Å²) in [4.78, 5) is 9.73. The fourth-order valence-electron chi connectivity index (χ4n) is 7.83. The predicted molar refractivity (Wildman–Crippen MR) is 280 cm³/mol. The van der Waals surface area contributed by atoms with Crippen LogP contribution in [0.1, 0.15) is 166 Å². The average molecular weight is 1090 g/mol. The van der Waals surface area contributed by atoms with Gasteiger partial charge in [-0.2, -0.15) is 0 Å². The van der Waals surface area contributed by atoms with E-state index in [1.54, 1.807) is 71.3 Å². The molecule has 2 aromatic heterocycles. The SMILES string of the molecule is [2H]c1nc(-c2[c-]c(-c3cccc4c3nc(-c3cc(C(C)(C)C)cc(C(C)(C)C)c3O)n4-c3ccc(C(C([2H])([2H])[2H])(C([2H])([2H])[2H])C([2H])([2H])[2H])cc3-c3ccccc3)cc(C(C)(C)C)c2)c([2H])c(-c2c([2H])c([2H])c(C(C([2H])([2H])[2H])(C([2H])([2H])[2H])C([2H])([2H])[2H])c([2H])c2[2H])c1[2H].[Pt]. The minimum atomic E-state index is -3.99. The van der Waals surface area contributed by atoms with Gasteiger partial charge >= 0.3 is 0 Å². The molecular formula is C62H68N3OPt-. The summed E-state index contributed by atoms with van der Waals surface area (Å²) < 4.78 is 218. The van der Waals surface area contributed by atoms with Crippen molar-refractivity contribution in [2.24, 2.45) is 0 Å². The number of para-hydroxylation sites is 1. The molecule has 0 fully saturated rings. The van der Waals surface area contributed by atoms with Crippen LogP contribution in [0.5, 0.6) is 5.75 Å². The van der Waals surface area contributed by atoms with Crippen molar-refractivity contribution in [3.05, 3.63) is 167 Å². The second-order valence-corrected chi connectivity index (χ2v) is 19.9. The molecule has 0 radical (unpaired) electrons. The molecule has 0 unspecified atom stereocenters. The van der Waals surface area contributed by atoms with Crippen LogP contribution in [-0.4, -0.2) is 19.6 Å². The molecule has 348 valence electrons. The third kappa shape index (κ3) is 10.0. The van der Waals surface area contributed by atoms with Crippen molar-refractivity contribution in [1.29, 1.82) is 0 Å². The number of pyridine rings is 1. The first kappa shape index (κ1) is 26.3. The topological polar surface area (TPSA) is 50.9 Å². The molecule has 8 rings (SSSR count). The Morgan fingerprint density at radius 3 is 1.82 bits per heavy atom. The molecule has 0 bridgehead atoms. The number of phenols is 1. The van der Waals surface area contributed by atoms with E-state index in [-0.39, 0.29) is 71.8 Å². The van der Waals surface area contributed by atoms with Crippen LogP contribution in [0.2, 0.25) is 0 Å². The number of rotatable bonds is 6. The van der Waals surface area contributed by atoms with Crippen molar-refractivity contribution < 1.29 is 60.4 Å². The standard InChI is InChI=1S/C62H68N3O.Pt/c1-58(2,3)44-26-24-39(25-27-44)41-30-31-63-52(35-41)43-32-42(33-46(34-43)60(7,8)9)48-22-19-23-54-55(48)64-57(50-37-47(61(10,11)12)38-51(56(50)66)62(13,14)15)65(54)53-29-28-45(59(4,5)6)36-49(53)40-20-17-16-18-21-40;/h16-31,33-38,66H,1-15H3;/q-1;/i1D3,2D3,3D3,4D3,5D3,6D3,24D,25D,26D,27D,30D,31D,35D;. The first-order valence-electron chi connectivity index (χ1n) is 34.0. The van der Waals surface area contributed by atoms with Crippen LogP contribution >= 0.6 is 0 Å². The first-order chi connectivity index (χ1) is 41.2. The molecule has 0 atom stereocenters. The van der Waals surface area contributed by atoms with Crippen LogP contribution in [-0.2, 0) is 48.1 Å². The van der Waals surface area contributed by atoms with Crippen molar-refractivity contribution >= 4 is 11.0 Å². The van der Waals surface area contributed by atoms with Gasteiger partial charge in [-0.25, -0.2) is 4.98 Å². The molecule has 0 aliphatic carbocycles. The van der Waals surface area contributed by atoms with E-state index in [0.717, 1.165) is 5.56 Å². The van der Waals surface area contributed by atoms with Crippen molar-refractivity contribution in [2.75, 3.05) is 0 Å². The van der Waals surface area contributed by atoms with Crippen LogP contribution in [0.15, 0.2) is 133 Å².